The van der Waals surface area contributed by atoms with Gasteiger partial charge in [0.2, 0.25) is 0 Å². The molecule has 0 bridgehead atoms. The maximum atomic E-state index is 12.7. The van der Waals surface area contributed by atoms with E-state index in [1.54, 1.807) is 0 Å². The molecule has 0 saturated carbocycles. The van der Waals surface area contributed by atoms with Gasteiger partial charge in [-0.2, -0.15) is 0 Å². The molecule has 0 heterocycles. The minimum atomic E-state index is -0.249. The number of benzene rings is 1. The Morgan fingerprint density at radius 1 is 1.54 bits per heavy atom. The highest BCUT2D eigenvalue weighted by Crippen LogP contribution is 2.06. The molecule has 1 aromatic carbocycles. The lowest BCUT2D eigenvalue weighted by Gasteiger charge is -1.98. The molecular weight excluding hydrogens is 165 g/mol. The molecule has 2 heteroatoms. The van der Waals surface area contributed by atoms with Crippen LogP contribution in [0.25, 0.3) is 0 Å². The molecule has 2 N–H and O–H groups in total. The quantitative estimate of drug-likeness (QED) is 0.757. The van der Waals surface area contributed by atoms with Gasteiger partial charge in [0.25, 0.3) is 0 Å². The van der Waals surface area contributed by atoms with Gasteiger partial charge in [0, 0.05) is 6.54 Å². The minimum absolute atomic E-state index is 0.00812. The van der Waals surface area contributed by atoms with Crippen molar-refractivity contribution in [3.63, 3.8) is 0 Å². The molecular formula is C11H14FN. The summed E-state index contributed by atoms with van der Waals surface area (Å²) in [5.74, 6) is -0.249. The molecule has 13 heavy (non-hydrogen) atoms. The largest absolute Gasteiger partial charge is 0.325 e. The van der Waals surface area contributed by atoms with Gasteiger partial charge in [-0.05, 0) is 25.0 Å². The number of aryl methyl sites for hydroxylation is 1. The standard InChI is InChI=1S/C11H14FN/c1-9-3-2-4-10(7-9)5-6-11(12)8-13/h2-4,6-7H,5,8,13H2,1H3/b11-6+. The van der Waals surface area contributed by atoms with Crippen LogP contribution in [0.4, 0.5) is 4.39 Å². The van der Waals surface area contributed by atoms with E-state index in [1.165, 1.54) is 11.6 Å². The average molecular weight is 179 g/mol. The van der Waals surface area contributed by atoms with Gasteiger partial charge in [-0.1, -0.05) is 29.8 Å². The third kappa shape index (κ3) is 3.38. The summed E-state index contributed by atoms with van der Waals surface area (Å²) >= 11 is 0. The van der Waals surface area contributed by atoms with Gasteiger partial charge in [-0.25, -0.2) is 4.39 Å². The zero-order chi connectivity index (χ0) is 9.68. The first-order chi connectivity index (χ1) is 6.22. The van der Waals surface area contributed by atoms with E-state index in [0.717, 1.165) is 5.56 Å². The normalized spacial score (nSPS) is 11.8. The summed E-state index contributed by atoms with van der Waals surface area (Å²) in [6.45, 7) is 2.01. The van der Waals surface area contributed by atoms with Crippen LogP contribution in [0, 0.1) is 6.92 Å². The molecule has 0 aliphatic heterocycles. The summed E-state index contributed by atoms with van der Waals surface area (Å²) in [6.07, 6.45) is 2.14. The van der Waals surface area contributed by atoms with E-state index in [1.807, 2.05) is 31.2 Å². The average Bonchev–Trinajstić information content (AvgIpc) is 2.14. The molecule has 1 nitrogen and oxygen atoms in total. The van der Waals surface area contributed by atoms with Gasteiger partial charge in [0.05, 0.1) is 0 Å². The van der Waals surface area contributed by atoms with Crippen molar-refractivity contribution in [3.05, 3.63) is 47.3 Å². The number of hydrogen-bond donors (Lipinski definition) is 1. The van der Waals surface area contributed by atoms with Crippen LogP contribution in [0.3, 0.4) is 0 Å². The Bertz CT molecular complexity index is 305. The SMILES string of the molecule is Cc1cccc(C/C=C(/F)CN)c1. The molecule has 0 aliphatic rings. The lowest BCUT2D eigenvalue weighted by atomic mass is 10.1. The fraction of sp³-hybridized carbons (Fsp3) is 0.273. The van der Waals surface area contributed by atoms with E-state index in [-0.39, 0.29) is 12.4 Å². The Labute approximate surface area is 78.1 Å². The van der Waals surface area contributed by atoms with Gasteiger partial charge in [-0.15, -0.1) is 0 Å². The summed E-state index contributed by atoms with van der Waals surface area (Å²) in [6, 6.07) is 8.01. The van der Waals surface area contributed by atoms with Crippen molar-refractivity contribution < 1.29 is 4.39 Å². The summed E-state index contributed by atoms with van der Waals surface area (Å²) in [5.41, 5.74) is 7.43. The first kappa shape index (κ1) is 9.93. The van der Waals surface area contributed by atoms with E-state index < -0.39 is 0 Å². The van der Waals surface area contributed by atoms with Crippen molar-refractivity contribution in [3.8, 4) is 0 Å². The Balaban J connectivity index is 2.64. The monoisotopic (exact) mass is 179 g/mol. The van der Waals surface area contributed by atoms with Crippen LogP contribution in [0.2, 0.25) is 0 Å². The third-order valence-corrected chi connectivity index (χ3v) is 1.84. The summed E-state index contributed by atoms with van der Waals surface area (Å²) in [7, 11) is 0. The number of rotatable bonds is 3. The molecule has 1 aromatic rings. The second kappa shape index (κ2) is 4.77. The van der Waals surface area contributed by atoms with Crippen LogP contribution < -0.4 is 5.73 Å². The lowest BCUT2D eigenvalue weighted by Crippen LogP contribution is -1.99. The van der Waals surface area contributed by atoms with Gasteiger partial charge in [0.15, 0.2) is 0 Å². The first-order valence-corrected chi connectivity index (χ1v) is 4.32. The topological polar surface area (TPSA) is 26.0 Å². The fourth-order valence-electron chi connectivity index (χ4n) is 1.15. The lowest BCUT2D eigenvalue weighted by molar-refractivity contribution is 0.614. The van der Waals surface area contributed by atoms with Gasteiger partial charge < -0.3 is 5.73 Å². The predicted molar refractivity (Wildman–Crippen MR) is 53.1 cm³/mol. The van der Waals surface area contributed by atoms with Crippen molar-refractivity contribution in [2.75, 3.05) is 6.54 Å². The van der Waals surface area contributed by atoms with Crippen molar-refractivity contribution in [1.82, 2.24) is 0 Å². The highest BCUT2D eigenvalue weighted by Gasteiger charge is 1.92. The number of nitrogens with two attached hydrogens (primary N) is 1. The maximum absolute atomic E-state index is 12.7. The Morgan fingerprint density at radius 2 is 2.31 bits per heavy atom. The minimum Gasteiger partial charge on any atom is -0.325 e. The Kier molecular flexibility index (Phi) is 3.65. The van der Waals surface area contributed by atoms with E-state index >= 15 is 0 Å². The third-order valence-electron chi connectivity index (χ3n) is 1.84. The van der Waals surface area contributed by atoms with Gasteiger partial charge in [-0.3, -0.25) is 0 Å². The molecule has 1 rings (SSSR count). The molecule has 0 aliphatic carbocycles. The summed E-state index contributed by atoms with van der Waals surface area (Å²) in [5, 5.41) is 0. The van der Waals surface area contributed by atoms with Crippen LogP contribution in [-0.4, -0.2) is 6.54 Å². The molecule has 0 unspecified atom stereocenters. The first-order valence-electron chi connectivity index (χ1n) is 4.32. The molecule has 0 saturated heterocycles. The zero-order valence-corrected chi connectivity index (χ0v) is 7.76. The Hall–Kier alpha value is -1.15. The van der Waals surface area contributed by atoms with Crippen LogP contribution in [-0.2, 0) is 6.42 Å². The van der Waals surface area contributed by atoms with Crippen molar-refractivity contribution in [2.45, 2.75) is 13.3 Å². The van der Waals surface area contributed by atoms with Crippen LogP contribution in [0.15, 0.2) is 36.2 Å². The fourth-order valence-corrected chi connectivity index (χ4v) is 1.15. The highest BCUT2D eigenvalue weighted by atomic mass is 19.1. The van der Waals surface area contributed by atoms with Gasteiger partial charge >= 0.3 is 0 Å². The zero-order valence-electron chi connectivity index (χ0n) is 7.76. The second-order valence-corrected chi connectivity index (χ2v) is 3.05. The predicted octanol–water partition coefficient (Wildman–Crippen LogP) is 2.35. The number of halogens is 1. The van der Waals surface area contributed by atoms with Crippen LogP contribution >= 0.6 is 0 Å². The number of hydrogen-bond acceptors (Lipinski definition) is 1. The smallest absolute Gasteiger partial charge is 0.110 e. The summed E-state index contributed by atoms with van der Waals surface area (Å²) in [4.78, 5) is 0. The molecule has 70 valence electrons. The molecule has 0 radical (unpaired) electrons. The van der Waals surface area contributed by atoms with E-state index in [4.69, 9.17) is 5.73 Å². The molecule has 0 fully saturated rings. The highest BCUT2D eigenvalue weighted by molar-refractivity contribution is 5.24. The van der Waals surface area contributed by atoms with Crippen molar-refractivity contribution in [2.24, 2.45) is 5.73 Å². The van der Waals surface area contributed by atoms with Crippen molar-refractivity contribution in [1.29, 1.82) is 0 Å². The van der Waals surface area contributed by atoms with E-state index in [2.05, 4.69) is 0 Å². The van der Waals surface area contributed by atoms with Gasteiger partial charge in [0.1, 0.15) is 5.83 Å². The van der Waals surface area contributed by atoms with Crippen molar-refractivity contribution >= 4 is 0 Å². The van der Waals surface area contributed by atoms with Crippen LogP contribution in [0.5, 0.6) is 0 Å². The molecule has 0 amide bonds. The molecule has 0 spiro atoms. The number of allylic oxidation sites excluding steroid dienone is 1. The summed E-state index contributed by atoms with van der Waals surface area (Å²) < 4.78 is 12.7. The van der Waals surface area contributed by atoms with E-state index in [0.29, 0.717) is 6.42 Å². The van der Waals surface area contributed by atoms with Crippen LogP contribution in [0.1, 0.15) is 11.1 Å². The molecule has 0 atom stereocenters. The van der Waals surface area contributed by atoms with E-state index in [9.17, 15) is 4.39 Å². The second-order valence-electron chi connectivity index (χ2n) is 3.05. The Morgan fingerprint density at radius 3 is 2.92 bits per heavy atom. The maximum Gasteiger partial charge on any atom is 0.110 e. The molecule has 0 aromatic heterocycles.